The van der Waals surface area contributed by atoms with Crippen LogP contribution < -0.4 is 4.74 Å². The maximum atomic E-state index is 11.2. The van der Waals surface area contributed by atoms with E-state index in [1.807, 2.05) is 0 Å². The minimum absolute atomic E-state index is 0.0234. The van der Waals surface area contributed by atoms with Crippen LogP contribution in [0.3, 0.4) is 0 Å². The molecule has 0 aliphatic heterocycles. The molecule has 0 radical (unpaired) electrons. The first-order valence-electron chi connectivity index (χ1n) is 6.39. The molecule has 1 unspecified atom stereocenters. The van der Waals surface area contributed by atoms with E-state index in [2.05, 4.69) is 13.2 Å². The molecule has 116 valence electrons. The average Bonchev–Trinajstić information content (AvgIpc) is 2.57. The first-order valence-corrected chi connectivity index (χ1v) is 6.39. The maximum absolute atomic E-state index is 11.2. The van der Waals surface area contributed by atoms with Crippen molar-refractivity contribution < 1.29 is 28.6 Å². The van der Waals surface area contributed by atoms with Crippen LogP contribution in [0.25, 0.3) is 0 Å². The Bertz CT molecular complexity index is 546. The molecule has 0 spiro atoms. The molecule has 0 amide bonds. The van der Waals surface area contributed by atoms with Crippen LogP contribution in [0.15, 0.2) is 49.6 Å². The van der Waals surface area contributed by atoms with Crippen LogP contribution in [0.4, 0.5) is 0 Å². The summed E-state index contributed by atoms with van der Waals surface area (Å²) < 4.78 is 15.3. The van der Waals surface area contributed by atoms with Crippen molar-refractivity contribution in [1.82, 2.24) is 0 Å². The molecule has 0 saturated carbocycles. The highest BCUT2D eigenvalue weighted by Gasteiger charge is 2.16. The first-order chi connectivity index (χ1) is 10.6. The van der Waals surface area contributed by atoms with E-state index in [0.717, 1.165) is 12.2 Å². The minimum atomic E-state index is -0.792. The van der Waals surface area contributed by atoms with Gasteiger partial charge in [-0.05, 0) is 24.3 Å². The Hall–Kier alpha value is -2.89. The predicted molar refractivity (Wildman–Crippen MR) is 78.6 cm³/mol. The summed E-state index contributed by atoms with van der Waals surface area (Å²) in [5, 5.41) is 0. The lowest BCUT2D eigenvalue weighted by molar-refractivity contribution is -0.154. The van der Waals surface area contributed by atoms with Gasteiger partial charge in [0.25, 0.3) is 0 Å². The molecule has 1 aromatic carbocycles. The Labute approximate surface area is 128 Å². The van der Waals surface area contributed by atoms with E-state index in [1.54, 1.807) is 24.3 Å². The lowest BCUT2D eigenvalue weighted by atomic mass is 10.2. The largest absolute Gasteiger partial charge is 0.490 e. The second-order valence-corrected chi connectivity index (χ2v) is 4.10. The number of benzene rings is 1. The SMILES string of the molecule is C=CC(=O)OCC(COc1ccc(C=O)cc1)OC(=O)C=C. The van der Waals surface area contributed by atoms with E-state index >= 15 is 0 Å². The summed E-state index contributed by atoms with van der Waals surface area (Å²) in [5.41, 5.74) is 0.516. The maximum Gasteiger partial charge on any atom is 0.330 e. The summed E-state index contributed by atoms with van der Waals surface area (Å²) in [6, 6.07) is 6.38. The van der Waals surface area contributed by atoms with Gasteiger partial charge in [0, 0.05) is 17.7 Å². The fourth-order valence-corrected chi connectivity index (χ4v) is 1.39. The average molecular weight is 304 g/mol. The number of hydrogen-bond donors (Lipinski definition) is 0. The van der Waals surface area contributed by atoms with Gasteiger partial charge in [0.05, 0.1) is 0 Å². The minimum Gasteiger partial charge on any atom is -0.490 e. The summed E-state index contributed by atoms with van der Waals surface area (Å²) in [6.07, 6.45) is 1.93. The third kappa shape index (κ3) is 6.04. The van der Waals surface area contributed by atoms with Gasteiger partial charge >= 0.3 is 11.9 Å². The lowest BCUT2D eigenvalue weighted by Crippen LogP contribution is -2.30. The molecule has 0 heterocycles. The van der Waals surface area contributed by atoms with Crippen LogP contribution in [0.2, 0.25) is 0 Å². The van der Waals surface area contributed by atoms with E-state index in [1.165, 1.54) is 0 Å². The smallest absolute Gasteiger partial charge is 0.330 e. The summed E-state index contributed by atoms with van der Waals surface area (Å²) in [4.78, 5) is 32.8. The number of hydrogen-bond acceptors (Lipinski definition) is 6. The number of carbonyl (C=O) groups is 3. The van der Waals surface area contributed by atoms with Gasteiger partial charge in [-0.25, -0.2) is 9.59 Å². The monoisotopic (exact) mass is 304 g/mol. The second-order valence-electron chi connectivity index (χ2n) is 4.10. The first kappa shape index (κ1) is 17.2. The molecule has 0 saturated heterocycles. The highest BCUT2D eigenvalue weighted by atomic mass is 16.6. The van der Waals surface area contributed by atoms with E-state index in [0.29, 0.717) is 17.6 Å². The van der Waals surface area contributed by atoms with E-state index in [4.69, 9.17) is 14.2 Å². The van der Waals surface area contributed by atoms with E-state index in [-0.39, 0.29) is 13.2 Å². The molecule has 6 nitrogen and oxygen atoms in total. The van der Waals surface area contributed by atoms with Crippen LogP contribution >= 0.6 is 0 Å². The zero-order valence-electron chi connectivity index (χ0n) is 11.9. The number of carbonyl (C=O) groups excluding carboxylic acids is 3. The van der Waals surface area contributed by atoms with Crippen molar-refractivity contribution in [3.05, 3.63) is 55.1 Å². The van der Waals surface area contributed by atoms with Gasteiger partial charge in [-0.15, -0.1) is 0 Å². The molecule has 0 aromatic heterocycles. The number of ether oxygens (including phenoxy) is 3. The van der Waals surface area contributed by atoms with Crippen LogP contribution in [0, 0.1) is 0 Å². The molecule has 22 heavy (non-hydrogen) atoms. The summed E-state index contributed by atoms with van der Waals surface area (Å²) in [6.45, 7) is 6.36. The Morgan fingerprint density at radius 2 is 1.68 bits per heavy atom. The van der Waals surface area contributed by atoms with Crippen molar-refractivity contribution in [3.63, 3.8) is 0 Å². The quantitative estimate of drug-likeness (QED) is 0.392. The fraction of sp³-hybridized carbons (Fsp3) is 0.188. The van der Waals surface area contributed by atoms with E-state index < -0.39 is 18.0 Å². The second kappa shape index (κ2) is 9.12. The summed E-state index contributed by atoms with van der Waals surface area (Å²) in [5.74, 6) is -0.796. The number of rotatable bonds is 9. The molecule has 1 atom stereocenters. The van der Waals surface area contributed by atoms with Crippen molar-refractivity contribution in [2.45, 2.75) is 6.10 Å². The predicted octanol–water partition coefficient (Wildman–Crippen LogP) is 1.70. The lowest BCUT2D eigenvalue weighted by Gasteiger charge is -2.17. The van der Waals surface area contributed by atoms with Crippen LogP contribution in [0.5, 0.6) is 5.75 Å². The Morgan fingerprint density at radius 1 is 1.05 bits per heavy atom. The fourth-order valence-electron chi connectivity index (χ4n) is 1.39. The highest BCUT2D eigenvalue weighted by Crippen LogP contribution is 2.12. The van der Waals surface area contributed by atoms with E-state index in [9.17, 15) is 14.4 Å². The standard InChI is InChI=1S/C16H16O6/c1-3-15(18)21-11-14(22-16(19)4-2)10-20-13-7-5-12(9-17)6-8-13/h3-9,14H,1-2,10-11H2. The van der Waals surface area contributed by atoms with Crippen molar-refractivity contribution in [1.29, 1.82) is 0 Å². The number of aldehydes is 1. The Kier molecular flexibility index (Phi) is 7.12. The van der Waals surface area contributed by atoms with Crippen molar-refractivity contribution in [2.24, 2.45) is 0 Å². The van der Waals surface area contributed by atoms with Gasteiger partial charge in [-0.3, -0.25) is 4.79 Å². The molecule has 0 N–H and O–H groups in total. The molecular weight excluding hydrogens is 288 g/mol. The molecule has 1 rings (SSSR count). The molecular formula is C16H16O6. The molecule has 0 aliphatic rings. The normalized spacial score (nSPS) is 10.9. The topological polar surface area (TPSA) is 78.9 Å². The van der Waals surface area contributed by atoms with Crippen LogP contribution in [-0.2, 0) is 19.1 Å². The highest BCUT2D eigenvalue weighted by molar-refractivity contribution is 5.82. The number of esters is 2. The van der Waals surface area contributed by atoms with Gasteiger partial charge in [-0.1, -0.05) is 13.2 Å². The zero-order chi connectivity index (χ0) is 16.4. The third-order valence-corrected chi connectivity index (χ3v) is 2.48. The molecule has 6 heteroatoms. The van der Waals surface area contributed by atoms with Gasteiger partial charge < -0.3 is 14.2 Å². The molecule has 0 aliphatic carbocycles. The molecule has 0 bridgehead atoms. The summed E-state index contributed by atoms with van der Waals surface area (Å²) in [7, 11) is 0. The van der Waals surface area contributed by atoms with Crippen molar-refractivity contribution in [2.75, 3.05) is 13.2 Å². The zero-order valence-corrected chi connectivity index (χ0v) is 11.9. The van der Waals surface area contributed by atoms with Gasteiger partial charge in [0.1, 0.15) is 25.2 Å². The van der Waals surface area contributed by atoms with Gasteiger partial charge in [0.2, 0.25) is 0 Å². The van der Waals surface area contributed by atoms with Crippen LogP contribution in [-0.4, -0.2) is 37.5 Å². The third-order valence-electron chi connectivity index (χ3n) is 2.48. The van der Waals surface area contributed by atoms with Crippen molar-refractivity contribution >= 4 is 18.2 Å². The molecule has 0 fully saturated rings. The van der Waals surface area contributed by atoms with Crippen molar-refractivity contribution in [3.8, 4) is 5.75 Å². The van der Waals surface area contributed by atoms with Crippen LogP contribution in [0.1, 0.15) is 10.4 Å². The molecule has 1 aromatic rings. The van der Waals surface area contributed by atoms with Gasteiger partial charge in [0.15, 0.2) is 6.10 Å². The Balaban J connectivity index is 2.59. The summed E-state index contributed by atoms with van der Waals surface area (Å²) >= 11 is 0. The van der Waals surface area contributed by atoms with Gasteiger partial charge in [-0.2, -0.15) is 0 Å². The Morgan fingerprint density at radius 3 is 2.23 bits per heavy atom.